The van der Waals surface area contributed by atoms with Crippen molar-refractivity contribution in [2.45, 2.75) is 89.4 Å². The van der Waals surface area contributed by atoms with Crippen molar-refractivity contribution in [3.63, 3.8) is 0 Å². The average Bonchev–Trinajstić information content (AvgIpc) is 3.35. The number of fused-ring (bicyclic) bond motifs is 3. The smallest absolute Gasteiger partial charge is 0.366 e. The van der Waals surface area contributed by atoms with Crippen molar-refractivity contribution < 1.29 is 37.1 Å². The summed E-state index contributed by atoms with van der Waals surface area (Å²) in [6, 6.07) is 2.33. The Bertz CT molecular complexity index is 1280. The minimum atomic E-state index is -3.21. The van der Waals surface area contributed by atoms with E-state index in [1.807, 2.05) is 13.8 Å². The van der Waals surface area contributed by atoms with Gasteiger partial charge in [0.05, 0.1) is 18.6 Å². The van der Waals surface area contributed by atoms with E-state index in [2.05, 4.69) is 16.0 Å². The van der Waals surface area contributed by atoms with Crippen LogP contribution in [0, 0.1) is 17.8 Å². The van der Waals surface area contributed by atoms with E-state index in [1.165, 1.54) is 11.8 Å². The fourth-order valence-electron chi connectivity index (χ4n) is 6.53. The molecule has 0 aromatic heterocycles. The van der Waals surface area contributed by atoms with Gasteiger partial charge in [-0.3, -0.25) is 14.4 Å². The molecule has 242 valence electrons. The number of nitrogens with zero attached hydrogens (tertiary/aromatic N) is 1. The number of anilines is 1. The van der Waals surface area contributed by atoms with Crippen LogP contribution in [0.1, 0.15) is 59.3 Å². The molecule has 3 saturated heterocycles. The van der Waals surface area contributed by atoms with Gasteiger partial charge in [0.2, 0.25) is 23.5 Å². The molecular formula is C31H40ClF3N4O5. The lowest BCUT2D eigenvalue weighted by Gasteiger charge is -2.54. The highest BCUT2D eigenvalue weighted by Crippen LogP contribution is 2.49. The Kier molecular flexibility index (Phi) is 10.9. The van der Waals surface area contributed by atoms with Crippen LogP contribution in [0.2, 0.25) is 5.02 Å². The number of ether oxygens (including phenoxy) is 1. The number of esters is 1. The Morgan fingerprint density at radius 2 is 1.98 bits per heavy atom. The Morgan fingerprint density at radius 1 is 1.23 bits per heavy atom. The van der Waals surface area contributed by atoms with Gasteiger partial charge in [-0.15, -0.1) is 0 Å². The van der Waals surface area contributed by atoms with Crippen LogP contribution in [0.25, 0.3) is 0 Å². The minimum Gasteiger partial charge on any atom is -0.461 e. The number of benzene rings is 1. The molecule has 1 aliphatic carbocycles. The average molecular weight is 641 g/mol. The summed E-state index contributed by atoms with van der Waals surface area (Å²) in [5, 5.41) is 8.90. The van der Waals surface area contributed by atoms with Crippen molar-refractivity contribution in [3.8, 4) is 0 Å². The molecule has 0 spiro atoms. The molecule has 0 unspecified atom stereocenters. The number of rotatable bonds is 12. The molecule has 1 saturated carbocycles. The van der Waals surface area contributed by atoms with E-state index in [0.29, 0.717) is 36.5 Å². The van der Waals surface area contributed by atoms with E-state index in [4.69, 9.17) is 16.3 Å². The summed E-state index contributed by atoms with van der Waals surface area (Å²) >= 11 is 6.14. The van der Waals surface area contributed by atoms with Crippen molar-refractivity contribution in [3.05, 3.63) is 41.2 Å². The van der Waals surface area contributed by atoms with E-state index < -0.39 is 72.0 Å². The minimum absolute atomic E-state index is 0.0266. The maximum atomic E-state index is 15.3. The van der Waals surface area contributed by atoms with Gasteiger partial charge in [0.25, 0.3) is 5.92 Å². The number of nitrogens with one attached hydrogen (secondary N) is 3. The standard InChI is InChI=1S/C31H40ClF3N4O5/c1-4-44-30(43)24(33)15-21(13-18-10-11-36-27(18)40)38-28(41)26-23-9-8-22(16-31(23,34)35)39(26)29(42)25(12-17(2)3)37-20-7-5-6-19(32)14-20/h5-7,14-15,17-18,21-23,25-26,37H,4,8-13,16H2,1-3H3,(H,36,40)(H,38,41)/b24-15+/t18-,21+,22+,23+,25-,26-/m1/s1. The van der Waals surface area contributed by atoms with Gasteiger partial charge >= 0.3 is 5.97 Å². The quantitative estimate of drug-likeness (QED) is 0.227. The van der Waals surface area contributed by atoms with Crippen molar-refractivity contribution >= 4 is 41.0 Å². The van der Waals surface area contributed by atoms with Gasteiger partial charge in [-0.2, -0.15) is 4.39 Å². The molecule has 4 aliphatic rings. The van der Waals surface area contributed by atoms with Crippen LogP contribution in [0.4, 0.5) is 18.9 Å². The van der Waals surface area contributed by atoms with Crippen molar-refractivity contribution in [2.75, 3.05) is 18.5 Å². The summed E-state index contributed by atoms with van der Waals surface area (Å²) in [7, 11) is 0. The van der Waals surface area contributed by atoms with E-state index in [9.17, 15) is 23.6 Å². The van der Waals surface area contributed by atoms with Gasteiger partial charge in [-0.1, -0.05) is 31.5 Å². The zero-order valence-corrected chi connectivity index (χ0v) is 25.8. The zero-order valence-electron chi connectivity index (χ0n) is 25.1. The number of carbonyl (C=O) groups excluding carboxylic acids is 4. The topological polar surface area (TPSA) is 117 Å². The molecule has 3 heterocycles. The van der Waals surface area contributed by atoms with Crippen molar-refractivity contribution in [1.82, 2.24) is 15.5 Å². The number of halogens is 4. The molecule has 0 radical (unpaired) electrons. The van der Waals surface area contributed by atoms with Crippen LogP contribution in [-0.4, -0.2) is 71.8 Å². The highest BCUT2D eigenvalue weighted by atomic mass is 35.5. The first-order valence-corrected chi connectivity index (χ1v) is 15.5. The maximum absolute atomic E-state index is 15.3. The summed E-state index contributed by atoms with van der Waals surface area (Å²) in [5.41, 5.74) is 0.569. The molecule has 2 bridgehead atoms. The molecule has 13 heteroatoms. The molecule has 3 aliphatic heterocycles. The van der Waals surface area contributed by atoms with Crippen LogP contribution in [0.15, 0.2) is 36.2 Å². The third-order valence-electron chi connectivity index (χ3n) is 8.48. The molecule has 3 amide bonds. The Hall–Kier alpha value is -3.28. The highest BCUT2D eigenvalue weighted by Gasteiger charge is 2.61. The number of amides is 3. The number of alkyl halides is 2. The molecule has 6 atom stereocenters. The van der Waals surface area contributed by atoms with Crippen LogP contribution in [0.5, 0.6) is 0 Å². The molecule has 3 N–H and O–H groups in total. The van der Waals surface area contributed by atoms with E-state index in [1.54, 1.807) is 24.3 Å². The summed E-state index contributed by atoms with van der Waals surface area (Å²) in [5.74, 6) is -9.42. The third kappa shape index (κ3) is 7.86. The van der Waals surface area contributed by atoms with Gasteiger partial charge in [0.15, 0.2) is 0 Å². The van der Waals surface area contributed by atoms with Crippen LogP contribution in [-0.2, 0) is 23.9 Å². The fourth-order valence-corrected chi connectivity index (χ4v) is 6.72. The van der Waals surface area contributed by atoms with Crippen molar-refractivity contribution in [2.24, 2.45) is 17.8 Å². The molecule has 1 aromatic carbocycles. The summed E-state index contributed by atoms with van der Waals surface area (Å²) in [4.78, 5) is 53.7. The molecule has 44 heavy (non-hydrogen) atoms. The normalized spacial score (nSPS) is 25.8. The van der Waals surface area contributed by atoms with E-state index in [0.717, 1.165) is 6.08 Å². The summed E-state index contributed by atoms with van der Waals surface area (Å²) in [6.07, 6.45) is 1.32. The van der Waals surface area contributed by atoms with Gasteiger partial charge in [0.1, 0.15) is 12.1 Å². The van der Waals surface area contributed by atoms with Crippen molar-refractivity contribution in [1.29, 1.82) is 0 Å². The SMILES string of the molecule is CCOC(=O)/C(F)=C\[C@H](C[C@H]1CCNC1=O)NC(=O)[C@H]1[C@@H]2CC[C@@H](CC2(F)F)N1C(=O)[C@@H](CC(C)C)Nc1cccc(Cl)c1. The first-order valence-electron chi connectivity index (χ1n) is 15.1. The first kappa shape index (κ1) is 33.6. The van der Waals surface area contributed by atoms with Crippen LogP contribution < -0.4 is 16.0 Å². The van der Waals surface area contributed by atoms with Gasteiger partial charge < -0.3 is 25.6 Å². The number of carbonyl (C=O) groups is 4. The van der Waals surface area contributed by atoms with Gasteiger partial charge in [-0.25, -0.2) is 13.6 Å². The third-order valence-corrected chi connectivity index (χ3v) is 8.71. The fraction of sp³-hybridized carbons (Fsp3) is 0.613. The monoisotopic (exact) mass is 640 g/mol. The van der Waals surface area contributed by atoms with E-state index >= 15 is 8.78 Å². The lowest BCUT2D eigenvalue weighted by molar-refractivity contribution is -0.194. The van der Waals surface area contributed by atoms with Gasteiger partial charge in [-0.05, 0) is 69.2 Å². The second-order valence-corrected chi connectivity index (χ2v) is 12.6. The lowest BCUT2D eigenvalue weighted by atomic mass is 9.71. The Labute approximate surface area is 260 Å². The highest BCUT2D eigenvalue weighted by molar-refractivity contribution is 6.30. The Balaban J connectivity index is 1.65. The second-order valence-electron chi connectivity index (χ2n) is 12.2. The predicted molar refractivity (Wildman–Crippen MR) is 159 cm³/mol. The zero-order chi connectivity index (χ0) is 32.2. The first-order chi connectivity index (χ1) is 20.8. The molecular weight excluding hydrogens is 601 g/mol. The van der Waals surface area contributed by atoms with E-state index in [-0.39, 0.29) is 31.3 Å². The molecule has 9 nitrogen and oxygen atoms in total. The Morgan fingerprint density at radius 3 is 2.59 bits per heavy atom. The summed E-state index contributed by atoms with van der Waals surface area (Å²) < 4.78 is 50.1. The molecule has 4 fully saturated rings. The van der Waals surface area contributed by atoms with Gasteiger partial charge in [0, 0.05) is 35.6 Å². The second kappa shape index (κ2) is 14.2. The van der Waals surface area contributed by atoms with Crippen LogP contribution >= 0.6 is 11.6 Å². The molecule has 5 rings (SSSR count). The maximum Gasteiger partial charge on any atom is 0.366 e. The number of piperidine rings is 2. The predicted octanol–water partition coefficient (Wildman–Crippen LogP) is 4.61. The summed E-state index contributed by atoms with van der Waals surface area (Å²) in [6.45, 7) is 5.67. The lowest BCUT2D eigenvalue weighted by Crippen LogP contribution is -2.70. The largest absolute Gasteiger partial charge is 0.461 e. The number of hydrogen-bond acceptors (Lipinski definition) is 6. The molecule has 1 aromatic rings. The number of hydrogen-bond donors (Lipinski definition) is 3. The van der Waals surface area contributed by atoms with Crippen LogP contribution in [0.3, 0.4) is 0 Å².